The molecular formula is C24H29NO4. The Balaban J connectivity index is 1.69. The maximum Gasteiger partial charge on any atom is 0.263 e. The van der Waals surface area contributed by atoms with Crippen molar-refractivity contribution in [2.45, 2.75) is 57.5 Å². The van der Waals surface area contributed by atoms with E-state index >= 15 is 0 Å². The summed E-state index contributed by atoms with van der Waals surface area (Å²) in [5.74, 6) is -0.678. The molecule has 0 saturated carbocycles. The summed E-state index contributed by atoms with van der Waals surface area (Å²) >= 11 is 0. The average molecular weight is 395 g/mol. The van der Waals surface area contributed by atoms with Crippen LogP contribution in [-0.2, 0) is 21.7 Å². The van der Waals surface area contributed by atoms with Crippen LogP contribution in [0.25, 0.3) is 0 Å². The van der Waals surface area contributed by atoms with E-state index in [1.165, 1.54) is 11.1 Å². The standard InChI is InChI=1S/C24H29NO4/c1-16(2)25-14-22(28-15-23(25)26)24(27,19-7-5-4-6-8-19)29-20-12-11-18-10-9-17(3)21(18)13-20/h4-8,11-13,16-17,22,27H,9-10,14-15H2,1-3H3. The van der Waals surface area contributed by atoms with Gasteiger partial charge in [0.2, 0.25) is 5.91 Å². The van der Waals surface area contributed by atoms with Gasteiger partial charge in [-0.1, -0.05) is 43.3 Å². The molecule has 3 unspecified atom stereocenters. The molecule has 1 aliphatic carbocycles. The van der Waals surface area contributed by atoms with Crippen LogP contribution in [0.2, 0.25) is 0 Å². The molecule has 1 saturated heterocycles. The number of carbonyl (C=O) groups excluding carboxylic acids is 1. The minimum absolute atomic E-state index is 0.0229. The minimum Gasteiger partial charge on any atom is -0.455 e. The lowest BCUT2D eigenvalue weighted by Crippen LogP contribution is -2.58. The van der Waals surface area contributed by atoms with E-state index in [0.29, 0.717) is 17.2 Å². The lowest BCUT2D eigenvalue weighted by atomic mass is 9.97. The molecule has 5 heteroatoms. The van der Waals surface area contributed by atoms with Crippen LogP contribution >= 0.6 is 0 Å². The molecule has 1 heterocycles. The summed E-state index contributed by atoms with van der Waals surface area (Å²) in [6, 6.07) is 15.3. The first-order valence-corrected chi connectivity index (χ1v) is 10.4. The third kappa shape index (κ3) is 3.77. The van der Waals surface area contributed by atoms with Gasteiger partial charge in [-0.2, -0.15) is 0 Å². The van der Waals surface area contributed by atoms with Gasteiger partial charge in [-0.25, -0.2) is 0 Å². The summed E-state index contributed by atoms with van der Waals surface area (Å²) in [6.45, 7) is 6.34. The zero-order valence-corrected chi connectivity index (χ0v) is 17.3. The van der Waals surface area contributed by atoms with Gasteiger partial charge in [0.25, 0.3) is 5.79 Å². The molecule has 1 fully saturated rings. The Hall–Kier alpha value is -2.37. The van der Waals surface area contributed by atoms with Crippen LogP contribution in [0.5, 0.6) is 5.75 Å². The summed E-state index contributed by atoms with van der Waals surface area (Å²) in [5, 5.41) is 11.8. The topological polar surface area (TPSA) is 59.0 Å². The fourth-order valence-corrected chi connectivity index (χ4v) is 4.34. The number of nitrogens with zero attached hydrogens (tertiary/aromatic N) is 1. The van der Waals surface area contributed by atoms with E-state index in [0.717, 1.165) is 12.8 Å². The normalized spacial score (nSPS) is 23.8. The van der Waals surface area contributed by atoms with Crippen molar-refractivity contribution in [3.63, 3.8) is 0 Å². The molecule has 1 aliphatic heterocycles. The van der Waals surface area contributed by atoms with E-state index in [1.54, 1.807) is 4.90 Å². The summed E-state index contributed by atoms with van der Waals surface area (Å²) in [7, 11) is 0. The predicted octanol–water partition coefficient (Wildman–Crippen LogP) is 3.60. The van der Waals surface area contributed by atoms with Crippen molar-refractivity contribution >= 4 is 5.91 Å². The number of hydrogen-bond acceptors (Lipinski definition) is 4. The second-order valence-corrected chi connectivity index (χ2v) is 8.40. The van der Waals surface area contributed by atoms with Crippen molar-refractivity contribution in [1.82, 2.24) is 4.90 Å². The Kier molecular flexibility index (Phi) is 5.36. The van der Waals surface area contributed by atoms with Crippen molar-refractivity contribution in [3.05, 3.63) is 65.2 Å². The van der Waals surface area contributed by atoms with Crippen molar-refractivity contribution in [2.24, 2.45) is 0 Å². The number of hydrogen-bond donors (Lipinski definition) is 1. The monoisotopic (exact) mass is 395 g/mol. The zero-order valence-electron chi connectivity index (χ0n) is 17.3. The van der Waals surface area contributed by atoms with Gasteiger partial charge in [-0.05, 0) is 55.9 Å². The molecule has 1 amide bonds. The number of fused-ring (bicyclic) bond motifs is 1. The largest absolute Gasteiger partial charge is 0.455 e. The zero-order chi connectivity index (χ0) is 20.6. The van der Waals surface area contributed by atoms with Gasteiger partial charge < -0.3 is 19.5 Å². The SMILES string of the molecule is CC1CCc2ccc(OC(O)(c3ccccc3)C3CN(C(C)C)C(=O)CO3)cc21. The molecule has 0 radical (unpaired) electrons. The highest BCUT2D eigenvalue weighted by molar-refractivity contribution is 5.78. The Bertz CT molecular complexity index is 882. The Morgan fingerprint density at radius 1 is 1.21 bits per heavy atom. The van der Waals surface area contributed by atoms with Crippen LogP contribution in [0.3, 0.4) is 0 Å². The first-order valence-electron chi connectivity index (χ1n) is 10.4. The van der Waals surface area contributed by atoms with Crippen LogP contribution in [0.1, 0.15) is 49.8 Å². The quantitative estimate of drug-likeness (QED) is 0.786. The number of carbonyl (C=O) groups is 1. The lowest BCUT2D eigenvalue weighted by molar-refractivity contribution is -0.244. The third-order valence-corrected chi connectivity index (χ3v) is 6.11. The first-order chi connectivity index (χ1) is 13.9. The van der Waals surface area contributed by atoms with Crippen molar-refractivity contribution in [2.75, 3.05) is 13.2 Å². The molecule has 5 nitrogen and oxygen atoms in total. The smallest absolute Gasteiger partial charge is 0.263 e. The number of morpholine rings is 1. The highest BCUT2D eigenvalue weighted by Gasteiger charge is 2.46. The van der Waals surface area contributed by atoms with Gasteiger partial charge in [0.15, 0.2) is 0 Å². The average Bonchev–Trinajstić information content (AvgIpc) is 3.09. The second kappa shape index (κ2) is 7.81. The predicted molar refractivity (Wildman–Crippen MR) is 111 cm³/mol. The molecule has 1 N–H and O–H groups in total. The van der Waals surface area contributed by atoms with Crippen molar-refractivity contribution in [1.29, 1.82) is 0 Å². The second-order valence-electron chi connectivity index (χ2n) is 8.40. The highest BCUT2D eigenvalue weighted by Crippen LogP contribution is 2.38. The Morgan fingerprint density at radius 3 is 2.69 bits per heavy atom. The molecule has 29 heavy (non-hydrogen) atoms. The van der Waals surface area contributed by atoms with E-state index in [-0.39, 0.29) is 25.1 Å². The molecule has 3 atom stereocenters. The molecule has 2 aromatic rings. The Morgan fingerprint density at radius 2 is 1.97 bits per heavy atom. The van der Waals surface area contributed by atoms with E-state index in [2.05, 4.69) is 13.0 Å². The number of benzene rings is 2. The molecule has 0 spiro atoms. The third-order valence-electron chi connectivity index (χ3n) is 6.11. The van der Waals surface area contributed by atoms with Gasteiger partial charge in [0.05, 0.1) is 6.54 Å². The van der Waals surface area contributed by atoms with Crippen LogP contribution in [0.15, 0.2) is 48.5 Å². The lowest BCUT2D eigenvalue weighted by Gasteiger charge is -2.42. The fraction of sp³-hybridized carbons (Fsp3) is 0.458. The number of rotatable bonds is 5. The van der Waals surface area contributed by atoms with Gasteiger partial charge in [0.1, 0.15) is 18.5 Å². The molecule has 2 aliphatic rings. The molecule has 154 valence electrons. The Labute approximate surface area is 172 Å². The number of ether oxygens (including phenoxy) is 2. The molecule has 4 rings (SSSR count). The van der Waals surface area contributed by atoms with E-state index in [4.69, 9.17) is 9.47 Å². The van der Waals surface area contributed by atoms with Crippen molar-refractivity contribution < 1.29 is 19.4 Å². The summed E-state index contributed by atoms with van der Waals surface area (Å²) in [6.07, 6.45) is 1.52. The molecule has 0 aromatic heterocycles. The van der Waals surface area contributed by atoms with E-state index < -0.39 is 11.9 Å². The summed E-state index contributed by atoms with van der Waals surface area (Å²) in [5.41, 5.74) is 3.23. The van der Waals surface area contributed by atoms with E-state index in [9.17, 15) is 9.90 Å². The summed E-state index contributed by atoms with van der Waals surface area (Å²) in [4.78, 5) is 14.0. The van der Waals surface area contributed by atoms with Crippen LogP contribution in [0.4, 0.5) is 0 Å². The summed E-state index contributed by atoms with van der Waals surface area (Å²) < 4.78 is 12.1. The maximum atomic E-state index is 12.2. The first kappa shape index (κ1) is 19.9. The molecule has 0 bridgehead atoms. The van der Waals surface area contributed by atoms with Crippen LogP contribution < -0.4 is 4.74 Å². The molecular weight excluding hydrogens is 366 g/mol. The number of amides is 1. The van der Waals surface area contributed by atoms with Gasteiger partial charge >= 0.3 is 0 Å². The van der Waals surface area contributed by atoms with Crippen molar-refractivity contribution in [3.8, 4) is 5.75 Å². The van der Waals surface area contributed by atoms with Gasteiger partial charge in [-0.3, -0.25) is 4.79 Å². The van der Waals surface area contributed by atoms with Crippen LogP contribution in [0, 0.1) is 0 Å². The number of aryl methyl sites for hydroxylation is 1. The minimum atomic E-state index is -1.70. The van der Waals surface area contributed by atoms with Gasteiger partial charge in [0, 0.05) is 11.6 Å². The molecule has 2 aromatic carbocycles. The maximum absolute atomic E-state index is 12.2. The van der Waals surface area contributed by atoms with Gasteiger partial charge in [-0.15, -0.1) is 0 Å². The number of aliphatic hydroxyl groups is 1. The highest BCUT2D eigenvalue weighted by atomic mass is 16.7. The fourth-order valence-electron chi connectivity index (χ4n) is 4.34. The van der Waals surface area contributed by atoms with E-state index in [1.807, 2.05) is 56.3 Å². The van der Waals surface area contributed by atoms with Crippen LogP contribution in [-0.4, -0.2) is 41.2 Å².